The molecular weight excluding hydrogens is 214 g/mol. The molecule has 0 heterocycles. The normalized spacial score (nSPS) is 14.8. The first-order valence-electron chi connectivity index (χ1n) is 5.35. The standard InChI is InChI=1S/C10H23NO5/c1-8(2)3-9(16)11(7-15)10(4-12,5-13)6-14/h8-9,12-16H,3-7H2,1-2H3. The lowest BCUT2D eigenvalue weighted by atomic mass is 9.98. The van der Waals surface area contributed by atoms with Gasteiger partial charge in [0, 0.05) is 0 Å². The zero-order valence-corrected chi connectivity index (χ0v) is 9.87. The molecule has 0 aliphatic rings. The van der Waals surface area contributed by atoms with E-state index in [1.54, 1.807) is 0 Å². The van der Waals surface area contributed by atoms with Crippen LogP contribution in [0, 0.1) is 5.92 Å². The molecule has 0 saturated heterocycles. The minimum atomic E-state index is -1.40. The maximum Gasteiger partial charge on any atom is 0.110 e. The van der Waals surface area contributed by atoms with Crippen LogP contribution in [-0.2, 0) is 0 Å². The van der Waals surface area contributed by atoms with Gasteiger partial charge in [-0.3, -0.25) is 0 Å². The lowest BCUT2D eigenvalue weighted by molar-refractivity contribution is -0.160. The molecule has 6 heteroatoms. The van der Waals surface area contributed by atoms with Crippen molar-refractivity contribution in [3.05, 3.63) is 0 Å². The van der Waals surface area contributed by atoms with Gasteiger partial charge in [0.15, 0.2) is 0 Å². The number of hydrogen-bond donors (Lipinski definition) is 5. The third-order valence-corrected chi connectivity index (χ3v) is 2.69. The predicted octanol–water partition coefficient (Wildman–Crippen LogP) is -1.68. The molecule has 0 aromatic rings. The largest absolute Gasteiger partial charge is 0.394 e. The summed E-state index contributed by atoms with van der Waals surface area (Å²) >= 11 is 0. The molecule has 6 nitrogen and oxygen atoms in total. The molecule has 16 heavy (non-hydrogen) atoms. The Morgan fingerprint density at radius 3 is 1.69 bits per heavy atom. The van der Waals surface area contributed by atoms with E-state index >= 15 is 0 Å². The highest BCUT2D eigenvalue weighted by molar-refractivity contribution is 4.89. The van der Waals surface area contributed by atoms with Gasteiger partial charge in [-0.1, -0.05) is 13.8 Å². The van der Waals surface area contributed by atoms with Crippen LogP contribution in [0.15, 0.2) is 0 Å². The number of hydrogen-bond acceptors (Lipinski definition) is 6. The minimum absolute atomic E-state index is 0.192. The quantitative estimate of drug-likeness (QED) is 0.323. The molecule has 0 bridgehead atoms. The molecule has 0 saturated carbocycles. The van der Waals surface area contributed by atoms with E-state index in [2.05, 4.69) is 0 Å². The van der Waals surface area contributed by atoms with E-state index < -0.39 is 38.3 Å². The molecule has 1 unspecified atom stereocenters. The van der Waals surface area contributed by atoms with Crippen LogP contribution in [0.1, 0.15) is 20.3 Å². The van der Waals surface area contributed by atoms with Gasteiger partial charge in [-0.2, -0.15) is 0 Å². The van der Waals surface area contributed by atoms with Crippen LogP contribution >= 0.6 is 0 Å². The molecule has 0 aliphatic carbocycles. The summed E-state index contributed by atoms with van der Waals surface area (Å²) in [5, 5.41) is 46.5. The van der Waals surface area contributed by atoms with Crippen LogP contribution in [0.5, 0.6) is 0 Å². The highest BCUT2D eigenvalue weighted by atomic mass is 16.3. The third-order valence-electron chi connectivity index (χ3n) is 2.69. The highest BCUT2D eigenvalue weighted by Gasteiger charge is 2.38. The highest BCUT2D eigenvalue weighted by Crippen LogP contribution is 2.19. The monoisotopic (exact) mass is 237 g/mol. The summed E-state index contributed by atoms with van der Waals surface area (Å²) < 4.78 is 0. The predicted molar refractivity (Wildman–Crippen MR) is 58.4 cm³/mol. The van der Waals surface area contributed by atoms with E-state index in [1.807, 2.05) is 13.8 Å². The number of aliphatic hydroxyl groups excluding tert-OH is 5. The zero-order valence-electron chi connectivity index (χ0n) is 9.87. The van der Waals surface area contributed by atoms with Gasteiger partial charge in [-0.25, -0.2) is 4.90 Å². The Morgan fingerprint density at radius 2 is 1.44 bits per heavy atom. The topological polar surface area (TPSA) is 104 Å². The van der Waals surface area contributed by atoms with Crippen molar-refractivity contribution in [1.82, 2.24) is 4.90 Å². The third kappa shape index (κ3) is 3.65. The van der Waals surface area contributed by atoms with Gasteiger partial charge >= 0.3 is 0 Å². The fourth-order valence-corrected chi connectivity index (χ4v) is 1.53. The van der Waals surface area contributed by atoms with Gasteiger partial charge in [0.2, 0.25) is 0 Å². The van der Waals surface area contributed by atoms with Gasteiger partial charge in [-0.05, 0) is 12.3 Å². The molecular formula is C10H23NO5. The molecule has 0 spiro atoms. The van der Waals surface area contributed by atoms with Crippen molar-refractivity contribution in [3.63, 3.8) is 0 Å². The van der Waals surface area contributed by atoms with E-state index in [9.17, 15) is 25.5 Å². The summed E-state index contributed by atoms with van der Waals surface area (Å²) in [6.45, 7) is 1.62. The molecule has 0 aromatic heterocycles. The van der Waals surface area contributed by atoms with Crippen molar-refractivity contribution in [2.24, 2.45) is 5.92 Å². The molecule has 1 atom stereocenters. The maximum atomic E-state index is 9.84. The summed E-state index contributed by atoms with van der Waals surface area (Å²) in [5.41, 5.74) is -1.40. The van der Waals surface area contributed by atoms with Gasteiger partial charge < -0.3 is 25.5 Å². The van der Waals surface area contributed by atoms with Gasteiger partial charge in [0.1, 0.15) is 6.23 Å². The van der Waals surface area contributed by atoms with Crippen molar-refractivity contribution in [2.75, 3.05) is 26.6 Å². The molecule has 0 radical (unpaired) electrons. The molecule has 0 aromatic carbocycles. The first-order valence-corrected chi connectivity index (χ1v) is 5.35. The summed E-state index contributed by atoms with van der Waals surface area (Å²) in [7, 11) is 0. The lowest BCUT2D eigenvalue weighted by Crippen LogP contribution is -2.61. The Hall–Kier alpha value is -0.240. The second kappa shape index (κ2) is 7.16. The smallest absolute Gasteiger partial charge is 0.110 e. The first-order chi connectivity index (χ1) is 7.47. The van der Waals surface area contributed by atoms with E-state index in [4.69, 9.17) is 0 Å². The Morgan fingerprint density at radius 1 is 1.00 bits per heavy atom. The summed E-state index contributed by atoms with van der Waals surface area (Å²) in [5.74, 6) is 0.192. The molecule has 98 valence electrons. The van der Waals surface area contributed by atoms with Crippen molar-refractivity contribution < 1.29 is 25.5 Å². The number of rotatable bonds is 8. The second-order valence-corrected chi connectivity index (χ2v) is 4.42. The molecule has 5 N–H and O–H groups in total. The fraction of sp³-hybridized carbons (Fsp3) is 1.00. The van der Waals surface area contributed by atoms with Crippen LogP contribution in [0.3, 0.4) is 0 Å². The van der Waals surface area contributed by atoms with Crippen LogP contribution in [0.25, 0.3) is 0 Å². The van der Waals surface area contributed by atoms with Crippen molar-refractivity contribution in [2.45, 2.75) is 32.0 Å². The number of nitrogens with zero attached hydrogens (tertiary/aromatic N) is 1. The van der Waals surface area contributed by atoms with E-state index in [0.29, 0.717) is 6.42 Å². The van der Waals surface area contributed by atoms with Gasteiger partial charge in [0.05, 0.1) is 32.1 Å². The average Bonchev–Trinajstić information content (AvgIpc) is 2.24. The van der Waals surface area contributed by atoms with Crippen LogP contribution in [-0.4, -0.2) is 68.8 Å². The lowest BCUT2D eigenvalue weighted by Gasteiger charge is -2.42. The molecule has 0 amide bonds. The molecule has 0 rings (SSSR count). The fourth-order valence-electron chi connectivity index (χ4n) is 1.53. The Balaban J connectivity index is 4.78. The summed E-state index contributed by atoms with van der Waals surface area (Å²) in [4.78, 5) is 1.10. The zero-order chi connectivity index (χ0) is 12.8. The van der Waals surface area contributed by atoms with Crippen molar-refractivity contribution in [3.8, 4) is 0 Å². The average molecular weight is 237 g/mol. The summed E-state index contributed by atoms with van der Waals surface area (Å²) in [6.07, 6.45) is -0.640. The Labute approximate surface area is 95.8 Å². The van der Waals surface area contributed by atoms with Gasteiger partial charge in [0.25, 0.3) is 0 Å². The van der Waals surface area contributed by atoms with Crippen LogP contribution in [0.2, 0.25) is 0 Å². The van der Waals surface area contributed by atoms with E-state index in [-0.39, 0.29) is 5.92 Å². The molecule has 0 aliphatic heterocycles. The number of aliphatic hydroxyl groups is 5. The molecule has 0 fully saturated rings. The van der Waals surface area contributed by atoms with Crippen LogP contribution < -0.4 is 0 Å². The van der Waals surface area contributed by atoms with Gasteiger partial charge in [-0.15, -0.1) is 0 Å². The van der Waals surface area contributed by atoms with Crippen molar-refractivity contribution >= 4 is 0 Å². The summed E-state index contributed by atoms with van der Waals surface area (Å²) in [6, 6.07) is 0. The van der Waals surface area contributed by atoms with Crippen molar-refractivity contribution in [1.29, 1.82) is 0 Å². The SMILES string of the molecule is CC(C)CC(O)N(CO)C(CO)(CO)CO. The maximum absolute atomic E-state index is 9.84. The minimum Gasteiger partial charge on any atom is -0.394 e. The van der Waals surface area contributed by atoms with E-state index in [1.165, 1.54) is 0 Å². The first kappa shape index (κ1) is 15.8. The van der Waals surface area contributed by atoms with E-state index in [0.717, 1.165) is 4.90 Å². The Kier molecular flexibility index (Phi) is 7.05. The second-order valence-electron chi connectivity index (χ2n) is 4.42. The van der Waals surface area contributed by atoms with Crippen LogP contribution in [0.4, 0.5) is 0 Å². The Bertz CT molecular complexity index is 176.